The molecule has 0 aliphatic carbocycles. The maximum absolute atomic E-state index is 12.4. The van der Waals surface area contributed by atoms with Crippen LogP contribution in [-0.2, 0) is 9.53 Å². The van der Waals surface area contributed by atoms with Crippen LogP contribution in [-0.4, -0.2) is 92.2 Å². The van der Waals surface area contributed by atoms with Crippen LogP contribution in [0.1, 0.15) is 25.7 Å². The second kappa shape index (κ2) is 8.16. The van der Waals surface area contributed by atoms with E-state index >= 15 is 0 Å². The Morgan fingerprint density at radius 1 is 1.21 bits per heavy atom. The van der Waals surface area contributed by atoms with Gasteiger partial charge in [-0.15, -0.1) is 0 Å². The monoisotopic (exact) mass is 338 g/mol. The molecule has 3 amide bonds. The molecule has 3 aliphatic rings. The SMILES string of the molecule is CN1CCCN(C(=O)NC2CCN(CC3CCOC3)CC2)CC1=O. The molecule has 7 heteroatoms. The van der Waals surface area contributed by atoms with Gasteiger partial charge in [-0.1, -0.05) is 0 Å². The molecule has 3 heterocycles. The van der Waals surface area contributed by atoms with Gasteiger partial charge in [0.05, 0.1) is 6.61 Å². The van der Waals surface area contributed by atoms with Crippen LogP contribution in [0.5, 0.6) is 0 Å². The molecule has 1 unspecified atom stereocenters. The van der Waals surface area contributed by atoms with Crippen molar-refractivity contribution in [3.63, 3.8) is 0 Å². The number of likely N-dealkylation sites (N-methyl/N-ethyl adjacent to an activating group) is 1. The minimum Gasteiger partial charge on any atom is -0.381 e. The molecule has 3 saturated heterocycles. The number of urea groups is 1. The van der Waals surface area contributed by atoms with E-state index in [1.54, 1.807) is 16.8 Å². The second-order valence-corrected chi connectivity index (χ2v) is 7.34. The zero-order valence-electron chi connectivity index (χ0n) is 14.7. The molecule has 3 rings (SSSR count). The van der Waals surface area contributed by atoms with Crippen LogP contribution in [0, 0.1) is 5.92 Å². The van der Waals surface area contributed by atoms with E-state index < -0.39 is 0 Å². The Balaban J connectivity index is 1.40. The first-order valence-corrected chi connectivity index (χ1v) is 9.21. The van der Waals surface area contributed by atoms with E-state index in [0.29, 0.717) is 12.5 Å². The maximum Gasteiger partial charge on any atom is 0.318 e. The van der Waals surface area contributed by atoms with E-state index in [2.05, 4.69) is 10.2 Å². The lowest BCUT2D eigenvalue weighted by atomic mass is 10.0. The fourth-order valence-corrected chi connectivity index (χ4v) is 3.78. The van der Waals surface area contributed by atoms with Crippen LogP contribution in [0.25, 0.3) is 0 Å². The lowest BCUT2D eigenvalue weighted by Crippen LogP contribution is -2.51. The van der Waals surface area contributed by atoms with Gasteiger partial charge in [-0.2, -0.15) is 0 Å². The van der Waals surface area contributed by atoms with Crippen molar-refractivity contribution >= 4 is 11.9 Å². The van der Waals surface area contributed by atoms with Gasteiger partial charge in [0.15, 0.2) is 0 Å². The third-order valence-corrected chi connectivity index (χ3v) is 5.42. The molecule has 1 N–H and O–H groups in total. The Morgan fingerprint density at radius 2 is 2.00 bits per heavy atom. The molecule has 3 fully saturated rings. The first-order valence-electron chi connectivity index (χ1n) is 9.21. The molecule has 0 spiro atoms. The molecule has 1 atom stereocenters. The van der Waals surface area contributed by atoms with Crippen LogP contribution in [0.4, 0.5) is 4.79 Å². The summed E-state index contributed by atoms with van der Waals surface area (Å²) < 4.78 is 5.45. The molecule has 3 aliphatic heterocycles. The molecular formula is C17H30N4O3. The molecule has 0 bridgehead atoms. The standard InChI is InChI=1S/C17H30N4O3/c1-19-6-2-7-21(12-16(19)22)17(23)18-15-3-8-20(9-4-15)11-14-5-10-24-13-14/h14-15H,2-13H2,1H3,(H,18,23). The largest absolute Gasteiger partial charge is 0.381 e. The van der Waals surface area contributed by atoms with Crippen molar-refractivity contribution in [3.05, 3.63) is 0 Å². The predicted molar refractivity (Wildman–Crippen MR) is 90.7 cm³/mol. The fraction of sp³-hybridized carbons (Fsp3) is 0.882. The van der Waals surface area contributed by atoms with Gasteiger partial charge in [-0.3, -0.25) is 4.79 Å². The van der Waals surface area contributed by atoms with Gasteiger partial charge >= 0.3 is 6.03 Å². The molecule has 0 radical (unpaired) electrons. The molecular weight excluding hydrogens is 308 g/mol. The smallest absolute Gasteiger partial charge is 0.318 e. The topological polar surface area (TPSA) is 65.1 Å². The quantitative estimate of drug-likeness (QED) is 0.807. The summed E-state index contributed by atoms with van der Waals surface area (Å²) in [5.41, 5.74) is 0. The first-order chi connectivity index (χ1) is 11.6. The van der Waals surface area contributed by atoms with E-state index in [9.17, 15) is 9.59 Å². The van der Waals surface area contributed by atoms with Crippen molar-refractivity contribution in [2.75, 3.05) is 59.5 Å². The fourth-order valence-electron chi connectivity index (χ4n) is 3.78. The number of ether oxygens (including phenoxy) is 1. The van der Waals surface area contributed by atoms with Gasteiger partial charge in [-0.05, 0) is 31.6 Å². The number of nitrogens with zero attached hydrogens (tertiary/aromatic N) is 3. The highest BCUT2D eigenvalue weighted by Crippen LogP contribution is 2.18. The van der Waals surface area contributed by atoms with Crippen molar-refractivity contribution in [1.82, 2.24) is 20.0 Å². The minimum absolute atomic E-state index is 0.0243. The Bertz CT molecular complexity index is 445. The van der Waals surface area contributed by atoms with E-state index in [4.69, 9.17) is 4.74 Å². The van der Waals surface area contributed by atoms with E-state index in [1.165, 1.54) is 6.42 Å². The third-order valence-electron chi connectivity index (χ3n) is 5.42. The highest BCUT2D eigenvalue weighted by Gasteiger charge is 2.27. The summed E-state index contributed by atoms with van der Waals surface area (Å²) in [5, 5.41) is 3.13. The number of hydrogen-bond donors (Lipinski definition) is 1. The zero-order valence-corrected chi connectivity index (χ0v) is 14.7. The van der Waals surface area contributed by atoms with Crippen molar-refractivity contribution in [2.24, 2.45) is 5.92 Å². The number of likely N-dealkylation sites (tertiary alicyclic amines) is 1. The maximum atomic E-state index is 12.4. The Morgan fingerprint density at radius 3 is 2.71 bits per heavy atom. The average Bonchev–Trinajstić information content (AvgIpc) is 3.02. The summed E-state index contributed by atoms with van der Waals surface area (Å²) in [6, 6.07) is 0.144. The number of carbonyl (C=O) groups excluding carboxylic acids is 2. The predicted octanol–water partition coefficient (Wildman–Crippen LogP) is 0.361. The lowest BCUT2D eigenvalue weighted by molar-refractivity contribution is -0.129. The van der Waals surface area contributed by atoms with Gasteiger partial charge in [0.2, 0.25) is 5.91 Å². The van der Waals surface area contributed by atoms with Gasteiger partial charge in [-0.25, -0.2) is 4.79 Å². The molecule has 7 nitrogen and oxygen atoms in total. The van der Waals surface area contributed by atoms with Crippen LogP contribution >= 0.6 is 0 Å². The minimum atomic E-state index is -0.0821. The Labute approximate surface area is 144 Å². The molecule has 0 aromatic carbocycles. The van der Waals surface area contributed by atoms with Crippen LogP contribution in [0.3, 0.4) is 0 Å². The van der Waals surface area contributed by atoms with Crippen LogP contribution in [0.2, 0.25) is 0 Å². The number of rotatable bonds is 3. The van der Waals surface area contributed by atoms with Crippen LogP contribution in [0.15, 0.2) is 0 Å². The molecule has 24 heavy (non-hydrogen) atoms. The highest BCUT2D eigenvalue weighted by atomic mass is 16.5. The summed E-state index contributed by atoms with van der Waals surface area (Å²) in [7, 11) is 1.80. The average molecular weight is 338 g/mol. The highest BCUT2D eigenvalue weighted by molar-refractivity contribution is 5.84. The number of carbonyl (C=O) groups is 2. The summed E-state index contributed by atoms with van der Waals surface area (Å²) >= 11 is 0. The van der Waals surface area contributed by atoms with Gasteiger partial charge in [0.1, 0.15) is 6.54 Å². The van der Waals surface area contributed by atoms with E-state index in [1.807, 2.05) is 0 Å². The van der Waals surface area contributed by atoms with Crippen molar-refractivity contribution in [2.45, 2.75) is 31.7 Å². The Kier molecular flexibility index (Phi) is 5.94. The summed E-state index contributed by atoms with van der Waals surface area (Å²) in [6.45, 7) is 6.56. The number of amides is 3. The van der Waals surface area contributed by atoms with Gasteiger partial charge in [0, 0.05) is 52.4 Å². The summed E-state index contributed by atoms with van der Waals surface area (Å²) in [6.07, 6.45) is 3.99. The van der Waals surface area contributed by atoms with Crippen LogP contribution < -0.4 is 5.32 Å². The summed E-state index contributed by atoms with van der Waals surface area (Å²) in [5.74, 6) is 0.701. The molecule has 0 aromatic heterocycles. The van der Waals surface area contributed by atoms with E-state index in [0.717, 1.165) is 58.7 Å². The van der Waals surface area contributed by atoms with Gasteiger partial charge < -0.3 is 24.8 Å². The molecule has 0 aromatic rings. The molecule has 0 saturated carbocycles. The normalized spacial score (nSPS) is 27.4. The first kappa shape index (κ1) is 17.5. The number of hydrogen-bond acceptors (Lipinski definition) is 4. The van der Waals surface area contributed by atoms with Crippen molar-refractivity contribution < 1.29 is 14.3 Å². The zero-order chi connectivity index (χ0) is 16.9. The van der Waals surface area contributed by atoms with E-state index in [-0.39, 0.29) is 24.5 Å². The van der Waals surface area contributed by atoms with Crippen molar-refractivity contribution in [3.8, 4) is 0 Å². The third kappa shape index (κ3) is 4.60. The summed E-state index contributed by atoms with van der Waals surface area (Å²) in [4.78, 5) is 30.2. The second-order valence-electron chi connectivity index (χ2n) is 7.34. The lowest BCUT2D eigenvalue weighted by Gasteiger charge is -2.34. The number of piperidine rings is 1. The van der Waals surface area contributed by atoms with Crippen molar-refractivity contribution in [1.29, 1.82) is 0 Å². The molecule has 136 valence electrons. The van der Waals surface area contributed by atoms with Gasteiger partial charge in [0.25, 0.3) is 0 Å². The Hall–Kier alpha value is -1.34. The number of nitrogens with one attached hydrogen (secondary N) is 1.